The number of methoxy groups -OCH3 is 1. The van der Waals surface area contributed by atoms with E-state index in [-0.39, 0.29) is 80.8 Å². The van der Waals surface area contributed by atoms with Gasteiger partial charge in [0.05, 0.1) is 32.0 Å². The number of carbonyl (C=O) groups excluding carboxylic acids is 4. The van der Waals surface area contributed by atoms with Gasteiger partial charge < -0.3 is 43.7 Å². The van der Waals surface area contributed by atoms with E-state index in [0.29, 0.717) is 12.8 Å². The van der Waals surface area contributed by atoms with Crippen LogP contribution in [0.4, 0.5) is 13.6 Å². The highest BCUT2D eigenvalue weighted by atomic mass is 19.1. The Kier molecular flexibility index (Phi) is 17.2. The monoisotopic (exact) mass is 929 g/mol. The maximum atomic E-state index is 17.3. The molecule has 5 rings (SSSR count). The minimum Gasteiger partial charge on any atom is -0.493 e. The molecule has 358 valence electrons. The predicted octanol–water partition coefficient (Wildman–Crippen LogP) is 4.89. The van der Waals surface area contributed by atoms with Gasteiger partial charge in [-0.25, -0.2) is 18.4 Å². The van der Waals surface area contributed by atoms with E-state index in [4.69, 9.17) is 24.1 Å². The smallest absolute Gasteiger partial charge is 0.493 e. The highest BCUT2D eigenvalue weighted by Crippen LogP contribution is 2.69. The Morgan fingerprint density at radius 1 is 0.938 bits per heavy atom. The van der Waals surface area contributed by atoms with Crippen molar-refractivity contribution in [3.05, 3.63) is 77.9 Å². The Labute approximate surface area is 368 Å². The molecular weight excluding hydrogens is 880 g/mol. The fourth-order valence-corrected chi connectivity index (χ4v) is 9.48. The van der Waals surface area contributed by atoms with Gasteiger partial charge in [0.25, 0.3) is 15.3 Å². The number of aliphatic hydroxyl groups excluding tert-OH is 1. The van der Waals surface area contributed by atoms with Crippen LogP contribution in [0.15, 0.2) is 42.0 Å². The lowest BCUT2D eigenvalue weighted by molar-refractivity contribution is -0.790. The molecule has 1 aromatic rings. The maximum absolute atomic E-state index is 17.3. The fraction of sp³-hybridized carbons (Fsp3) is 0.625. The number of carbonyl (C=O) groups is 5. The van der Waals surface area contributed by atoms with Crippen molar-refractivity contribution in [2.45, 2.75) is 95.7 Å². The number of carboxylic acids is 1. The zero-order valence-corrected chi connectivity index (χ0v) is 35.5. The molecule has 0 spiro atoms. The van der Waals surface area contributed by atoms with Gasteiger partial charge in [-0.05, 0) is 106 Å². The van der Waals surface area contributed by atoms with Crippen LogP contribution in [0.2, 0.25) is 0 Å². The number of benzene rings is 1. The van der Waals surface area contributed by atoms with Crippen LogP contribution < -0.4 is 9.47 Å². The molecule has 0 aliphatic heterocycles. The van der Waals surface area contributed by atoms with E-state index in [1.54, 1.807) is 6.92 Å². The molecule has 0 saturated heterocycles. The minimum absolute atomic E-state index is 0.0127. The number of unbranched alkanes of at least 4 members (excludes halogenated alkanes) is 1. The summed E-state index contributed by atoms with van der Waals surface area (Å²) in [6.45, 7) is 1.68. The maximum Gasteiger partial charge on any atom is 0.514 e. The van der Waals surface area contributed by atoms with Crippen LogP contribution in [0.3, 0.4) is 0 Å². The molecule has 23 nitrogen and oxygen atoms in total. The number of rotatable bonds is 21. The molecule has 3 saturated carbocycles. The van der Waals surface area contributed by atoms with Crippen molar-refractivity contribution >= 4 is 29.7 Å². The van der Waals surface area contributed by atoms with E-state index >= 15 is 8.78 Å². The summed E-state index contributed by atoms with van der Waals surface area (Å²) in [4.78, 5) is 103. The molecule has 0 bridgehead atoms. The number of alkyl halides is 2. The van der Waals surface area contributed by atoms with E-state index in [9.17, 15) is 59.4 Å². The number of allylic oxidation sites excluding steroid dienone is 4. The minimum atomic E-state index is -2.27. The number of fused-ring (bicyclic) bond motifs is 5. The molecule has 3 fully saturated rings. The molecule has 4 aliphatic rings. The standard InChI is InChI=1S/C36H42F2N2O15.C4H7NO5/c1-34-17-31(43)36(38)25(16-27(37)26-15-21(41)11-12-35(26,36)2)23(34)8-9-24(34)28(42)19-52-33(45)54-29-10-7-20(14-30(29)50-3)32(44)51-13-5-4-6-22(55-40(48)49)18-53-39(46)47;6-4(7)2-1-3-10-5(8)9/h7,10-12,14-15,22-25,27,31,43H,4-6,8-9,13,16-19H2,1-3H3;1-3H2,(H,6,7)/t22?,23?,24?,25?,27-,31?,34?,35?,36-;/m0./s1. The number of hydrogen-bond donors (Lipinski definition) is 2. The molecule has 65 heavy (non-hydrogen) atoms. The third-order valence-corrected chi connectivity index (χ3v) is 12.4. The fourth-order valence-electron chi connectivity index (χ4n) is 9.48. The number of ether oxygens (including phenoxy) is 4. The van der Waals surface area contributed by atoms with Crippen molar-refractivity contribution in [1.29, 1.82) is 0 Å². The summed E-state index contributed by atoms with van der Waals surface area (Å²) in [5.74, 6) is -5.01. The molecule has 0 radical (unpaired) electrons. The number of hydrogen-bond acceptors (Lipinski definition) is 19. The second-order valence-electron chi connectivity index (χ2n) is 16.2. The van der Waals surface area contributed by atoms with Crippen LogP contribution >= 0.6 is 0 Å². The zero-order valence-electron chi connectivity index (χ0n) is 35.5. The molecule has 9 atom stereocenters. The predicted molar refractivity (Wildman–Crippen MR) is 211 cm³/mol. The Morgan fingerprint density at radius 2 is 1.65 bits per heavy atom. The quantitative estimate of drug-likeness (QED) is 0.0545. The lowest BCUT2D eigenvalue weighted by atomic mass is 9.45. The third kappa shape index (κ3) is 12.2. The molecule has 25 heteroatoms. The first-order chi connectivity index (χ1) is 30.6. The summed E-state index contributed by atoms with van der Waals surface area (Å²) in [7, 11) is 1.25. The van der Waals surface area contributed by atoms with Crippen LogP contribution in [-0.4, -0.2) is 113 Å². The van der Waals surface area contributed by atoms with Gasteiger partial charge in [0.2, 0.25) is 0 Å². The number of nitrogens with zero attached hydrogens (tertiary/aromatic N) is 3. The number of Topliss-reactive ketones (excluding diaryl/α,β-unsaturated/α-hetero) is 1. The summed E-state index contributed by atoms with van der Waals surface area (Å²) in [6.07, 6.45) is -1.03. The van der Waals surface area contributed by atoms with E-state index in [0.717, 1.165) is 6.08 Å². The van der Waals surface area contributed by atoms with Gasteiger partial charge in [0.1, 0.15) is 18.9 Å². The topological polar surface area (TPSA) is 320 Å². The second-order valence-corrected chi connectivity index (χ2v) is 16.2. The number of carboxylic acid groups (broad SMARTS) is 1. The van der Waals surface area contributed by atoms with Gasteiger partial charge >= 0.3 is 18.1 Å². The Morgan fingerprint density at radius 3 is 2.29 bits per heavy atom. The van der Waals surface area contributed by atoms with E-state index in [1.807, 2.05) is 0 Å². The largest absolute Gasteiger partial charge is 0.514 e. The van der Waals surface area contributed by atoms with Crippen LogP contribution in [0, 0.1) is 58.9 Å². The summed E-state index contributed by atoms with van der Waals surface area (Å²) in [6, 6.07) is 3.75. The van der Waals surface area contributed by atoms with Crippen LogP contribution in [0.1, 0.15) is 82.0 Å². The highest BCUT2D eigenvalue weighted by molar-refractivity contribution is 6.01. The van der Waals surface area contributed by atoms with E-state index < -0.39 is 111 Å². The van der Waals surface area contributed by atoms with Crippen molar-refractivity contribution in [3.8, 4) is 11.5 Å². The van der Waals surface area contributed by atoms with Crippen molar-refractivity contribution < 1.29 is 91.7 Å². The number of aliphatic carboxylic acids is 1. The van der Waals surface area contributed by atoms with Crippen molar-refractivity contribution in [2.24, 2.45) is 28.6 Å². The number of aliphatic hydroxyl groups is 1. The van der Waals surface area contributed by atoms with Gasteiger partial charge in [-0.1, -0.05) is 13.0 Å². The number of esters is 1. The molecule has 0 amide bonds. The molecular formula is C40H49F2N3O20. The summed E-state index contributed by atoms with van der Waals surface area (Å²) >= 11 is 0. The Bertz CT molecular complexity index is 2040. The number of halogens is 2. The Hall–Kier alpha value is -6.53. The van der Waals surface area contributed by atoms with Gasteiger partial charge in [0.15, 0.2) is 35.3 Å². The number of ketones is 2. The van der Waals surface area contributed by atoms with E-state index in [2.05, 4.69) is 14.5 Å². The lowest BCUT2D eigenvalue weighted by Crippen LogP contribution is -2.68. The van der Waals surface area contributed by atoms with Gasteiger partial charge in [0, 0.05) is 23.7 Å². The first-order valence-electron chi connectivity index (χ1n) is 20.3. The van der Waals surface area contributed by atoms with Crippen LogP contribution in [0.25, 0.3) is 0 Å². The molecule has 0 aromatic heterocycles. The molecule has 4 aliphatic carbocycles. The Balaban J connectivity index is 0.000000825. The average Bonchev–Trinajstić information content (AvgIpc) is 3.58. The van der Waals surface area contributed by atoms with Crippen LogP contribution in [-0.2, 0) is 38.4 Å². The first kappa shape index (κ1) is 51.1. The van der Waals surface area contributed by atoms with Crippen molar-refractivity contribution in [3.63, 3.8) is 0 Å². The van der Waals surface area contributed by atoms with Crippen molar-refractivity contribution in [2.75, 3.05) is 33.5 Å². The molecule has 2 N–H and O–H groups in total. The summed E-state index contributed by atoms with van der Waals surface area (Å²) in [5, 5.41) is 46.8. The molecule has 7 unspecified atom stereocenters. The van der Waals surface area contributed by atoms with Crippen molar-refractivity contribution in [1.82, 2.24) is 0 Å². The van der Waals surface area contributed by atoms with Gasteiger partial charge in [-0.15, -0.1) is 30.3 Å². The zero-order chi connectivity index (χ0) is 48.3. The second kappa shape index (κ2) is 21.9. The summed E-state index contributed by atoms with van der Waals surface area (Å²) in [5.41, 5.74) is -4.70. The normalized spacial score (nSPS) is 27.6. The van der Waals surface area contributed by atoms with Gasteiger partial charge in [-0.2, -0.15) is 0 Å². The van der Waals surface area contributed by atoms with E-state index in [1.165, 1.54) is 44.4 Å². The molecule has 1 aromatic carbocycles. The average molecular weight is 930 g/mol. The first-order valence-corrected chi connectivity index (χ1v) is 20.3. The van der Waals surface area contributed by atoms with Gasteiger partial charge in [-0.3, -0.25) is 14.4 Å². The summed E-state index contributed by atoms with van der Waals surface area (Å²) < 4.78 is 53.7. The highest BCUT2D eigenvalue weighted by Gasteiger charge is 2.72. The SMILES string of the molecule is COc1cc(C(=O)OCCCCC(CO[N+](=O)[O-])O[N+](=O)[O-])ccc1OC(=O)OCC(=O)C1CCC2C3C[C@H](F)C4=CC(=O)C=CC4(C)[C@@]3(F)C(O)CC12C.O=C(O)CCCO[N+](=O)[O-]. The van der Waals surface area contributed by atoms with Crippen LogP contribution in [0.5, 0.6) is 11.5 Å². The lowest BCUT2D eigenvalue weighted by Gasteiger charge is -2.62. The third-order valence-electron chi connectivity index (χ3n) is 12.4. The molecule has 0 heterocycles.